The molecule has 7 nitrogen and oxygen atoms in total. The molecule has 0 fully saturated rings. The number of nitrogens with two attached hydrogens (primary N) is 1. The molecule has 2 heterocycles. The van der Waals surface area contributed by atoms with Gasteiger partial charge < -0.3 is 20.6 Å². The van der Waals surface area contributed by atoms with Crippen LogP contribution in [0.3, 0.4) is 0 Å². The highest BCUT2D eigenvalue weighted by atomic mass is 16.2. The van der Waals surface area contributed by atoms with Gasteiger partial charge in [-0.3, -0.25) is 9.59 Å². The van der Waals surface area contributed by atoms with Crippen LogP contribution in [-0.2, 0) is 17.9 Å². The number of nitrogen functional groups attached to an aromatic ring is 1. The number of nitrogens with zero attached hydrogens (tertiary/aromatic N) is 2. The van der Waals surface area contributed by atoms with E-state index in [4.69, 9.17) is 5.73 Å². The lowest BCUT2D eigenvalue weighted by molar-refractivity contribution is -0.121. The Hall–Kier alpha value is -2.57. The molecule has 0 unspecified atom stereocenters. The average Bonchev–Trinajstić information content (AvgIpc) is 2.84. The van der Waals surface area contributed by atoms with Gasteiger partial charge in [-0.25, -0.2) is 4.98 Å². The van der Waals surface area contributed by atoms with Crippen molar-refractivity contribution in [2.45, 2.75) is 13.1 Å². The fourth-order valence-corrected chi connectivity index (χ4v) is 1.46. The third kappa shape index (κ3) is 2.97. The molecule has 0 aromatic carbocycles. The summed E-state index contributed by atoms with van der Waals surface area (Å²) >= 11 is 0. The molecular weight excluding hydrogens is 234 g/mol. The zero-order chi connectivity index (χ0) is 13.0. The number of nitrogens with one attached hydrogen (secondary N) is 2. The van der Waals surface area contributed by atoms with Crippen LogP contribution in [0.1, 0.15) is 5.82 Å². The van der Waals surface area contributed by atoms with Crippen LogP contribution < -0.4 is 16.6 Å². The molecule has 2 rings (SSSR count). The summed E-state index contributed by atoms with van der Waals surface area (Å²) in [5.41, 5.74) is 5.72. The van der Waals surface area contributed by atoms with Gasteiger partial charge in [0.1, 0.15) is 12.4 Å². The predicted molar refractivity (Wildman–Crippen MR) is 65.5 cm³/mol. The molecule has 2 aromatic rings. The Bertz CT molecular complexity index is 588. The zero-order valence-electron chi connectivity index (χ0n) is 9.59. The van der Waals surface area contributed by atoms with E-state index in [1.54, 1.807) is 12.4 Å². The van der Waals surface area contributed by atoms with Gasteiger partial charge >= 0.3 is 0 Å². The molecule has 94 valence electrons. The van der Waals surface area contributed by atoms with E-state index >= 15 is 0 Å². The molecule has 2 aromatic heterocycles. The summed E-state index contributed by atoms with van der Waals surface area (Å²) in [5.74, 6) is 0.377. The summed E-state index contributed by atoms with van der Waals surface area (Å²) in [5, 5.41) is 2.65. The van der Waals surface area contributed by atoms with Crippen LogP contribution in [0.15, 0.2) is 35.5 Å². The van der Waals surface area contributed by atoms with Crippen molar-refractivity contribution in [3.63, 3.8) is 0 Å². The van der Waals surface area contributed by atoms with E-state index in [1.807, 2.05) is 0 Å². The van der Waals surface area contributed by atoms with Gasteiger partial charge in [0.15, 0.2) is 0 Å². The van der Waals surface area contributed by atoms with Crippen molar-refractivity contribution in [1.82, 2.24) is 19.9 Å². The molecule has 0 radical (unpaired) electrons. The number of H-pyrrole nitrogens is 1. The third-order valence-electron chi connectivity index (χ3n) is 2.33. The minimum absolute atomic E-state index is 0.0649. The Labute approximate surface area is 103 Å². The van der Waals surface area contributed by atoms with Crippen molar-refractivity contribution in [2.24, 2.45) is 0 Å². The monoisotopic (exact) mass is 247 g/mol. The zero-order valence-corrected chi connectivity index (χ0v) is 9.59. The van der Waals surface area contributed by atoms with Crippen LogP contribution in [0.5, 0.6) is 0 Å². The minimum Gasteiger partial charge on any atom is -0.398 e. The first-order chi connectivity index (χ1) is 8.65. The second kappa shape index (κ2) is 5.17. The first-order valence-corrected chi connectivity index (χ1v) is 5.36. The van der Waals surface area contributed by atoms with Crippen LogP contribution in [0.4, 0.5) is 5.69 Å². The van der Waals surface area contributed by atoms with Crippen molar-refractivity contribution >= 4 is 11.6 Å². The van der Waals surface area contributed by atoms with Gasteiger partial charge in [-0.05, 0) is 6.07 Å². The van der Waals surface area contributed by atoms with E-state index in [-0.39, 0.29) is 18.0 Å². The van der Waals surface area contributed by atoms with E-state index in [1.165, 1.54) is 22.9 Å². The largest absolute Gasteiger partial charge is 0.398 e. The maximum atomic E-state index is 11.6. The fraction of sp³-hybridized carbons (Fsp3) is 0.182. The minimum atomic E-state index is -0.279. The molecule has 4 N–H and O–H groups in total. The second-order valence-corrected chi connectivity index (χ2v) is 3.74. The number of hydrogen-bond acceptors (Lipinski definition) is 4. The van der Waals surface area contributed by atoms with Crippen LogP contribution >= 0.6 is 0 Å². The van der Waals surface area contributed by atoms with Gasteiger partial charge in [-0.2, -0.15) is 0 Å². The lowest BCUT2D eigenvalue weighted by Gasteiger charge is -2.06. The lowest BCUT2D eigenvalue weighted by atomic mass is 10.4. The molecule has 7 heteroatoms. The predicted octanol–water partition coefficient (Wildman–Crippen LogP) is -0.530. The van der Waals surface area contributed by atoms with Crippen molar-refractivity contribution < 1.29 is 4.79 Å². The van der Waals surface area contributed by atoms with E-state index in [0.717, 1.165) is 0 Å². The van der Waals surface area contributed by atoms with Gasteiger partial charge in [0, 0.05) is 30.3 Å². The Morgan fingerprint density at radius 3 is 3.06 bits per heavy atom. The molecule has 0 atom stereocenters. The number of aromatic nitrogens is 3. The number of imidazole rings is 1. The fourth-order valence-electron chi connectivity index (χ4n) is 1.46. The molecule has 0 saturated carbocycles. The average molecular weight is 247 g/mol. The van der Waals surface area contributed by atoms with Crippen molar-refractivity contribution in [2.75, 3.05) is 5.73 Å². The molecule has 0 aliphatic carbocycles. The van der Waals surface area contributed by atoms with Gasteiger partial charge in [0.2, 0.25) is 5.91 Å². The smallest absolute Gasteiger partial charge is 0.251 e. The first-order valence-electron chi connectivity index (χ1n) is 5.36. The summed E-state index contributed by atoms with van der Waals surface area (Å²) in [6.45, 7) is 0.230. The van der Waals surface area contributed by atoms with Gasteiger partial charge in [0.25, 0.3) is 5.56 Å². The molecular formula is C11H13N5O2. The quantitative estimate of drug-likeness (QED) is 0.675. The maximum Gasteiger partial charge on any atom is 0.251 e. The topological polar surface area (TPSA) is 106 Å². The highest BCUT2D eigenvalue weighted by molar-refractivity contribution is 5.75. The number of pyridine rings is 1. The molecule has 0 aliphatic heterocycles. The van der Waals surface area contributed by atoms with Gasteiger partial charge in [-0.15, -0.1) is 0 Å². The first kappa shape index (κ1) is 11.9. The molecule has 0 aliphatic rings. The van der Waals surface area contributed by atoms with Crippen molar-refractivity contribution in [3.05, 3.63) is 46.9 Å². The highest BCUT2D eigenvalue weighted by Crippen LogP contribution is 1.95. The Morgan fingerprint density at radius 1 is 1.50 bits per heavy atom. The number of anilines is 1. The van der Waals surface area contributed by atoms with Crippen LogP contribution in [0.2, 0.25) is 0 Å². The summed E-state index contributed by atoms with van der Waals surface area (Å²) in [4.78, 5) is 29.9. The number of carbonyl (C=O) groups is 1. The van der Waals surface area contributed by atoms with Crippen molar-refractivity contribution in [1.29, 1.82) is 0 Å². The van der Waals surface area contributed by atoms with E-state index in [9.17, 15) is 9.59 Å². The van der Waals surface area contributed by atoms with E-state index < -0.39 is 0 Å². The maximum absolute atomic E-state index is 11.6. The summed E-state index contributed by atoms with van der Waals surface area (Å²) in [7, 11) is 0. The Balaban J connectivity index is 1.95. The summed E-state index contributed by atoms with van der Waals surface area (Å²) in [6.07, 6.45) is 4.71. The van der Waals surface area contributed by atoms with E-state index in [0.29, 0.717) is 18.1 Å². The molecule has 0 spiro atoms. The lowest BCUT2D eigenvalue weighted by Crippen LogP contribution is -2.31. The summed E-state index contributed by atoms with van der Waals surface area (Å²) in [6, 6.07) is 2.83. The third-order valence-corrected chi connectivity index (χ3v) is 2.33. The SMILES string of the molecule is Nc1ccc(=O)n(CC(=O)NCc2ncc[nH]2)c1. The Morgan fingerprint density at radius 2 is 2.33 bits per heavy atom. The number of aromatic amines is 1. The number of hydrogen-bond donors (Lipinski definition) is 3. The van der Waals surface area contributed by atoms with Gasteiger partial charge in [0.05, 0.1) is 6.54 Å². The summed E-state index contributed by atoms with van der Waals surface area (Å²) < 4.78 is 1.26. The molecule has 18 heavy (non-hydrogen) atoms. The second-order valence-electron chi connectivity index (χ2n) is 3.74. The molecule has 1 amide bonds. The van der Waals surface area contributed by atoms with Crippen LogP contribution in [0, 0.1) is 0 Å². The van der Waals surface area contributed by atoms with Crippen LogP contribution in [-0.4, -0.2) is 20.4 Å². The number of carbonyl (C=O) groups excluding carboxylic acids is 1. The van der Waals surface area contributed by atoms with Crippen molar-refractivity contribution in [3.8, 4) is 0 Å². The Kier molecular flexibility index (Phi) is 3.42. The number of rotatable bonds is 4. The highest BCUT2D eigenvalue weighted by Gasteiger charge is 2.05. The molecule has 0 bridgehead atoms. The van der Waals surface area contributed by atoms with Gasteiger partial charge in [-0.1, -0.05) is 0 Å². The normalized spacial score (nSPS) is 10.2. The standard InChI is InChI=1S/C11H13N5O2/c12-8-1-2-11(18)16(6-8)7-10(17)15-5-9-13-3-4-14-9/h1-4,6H,5,7,12H2,(H,13,14)(H,15,17). The molecule has 0 saturated heterocycles. The van der Waals surface area contributed by atoms with E-state index in [2.05, 4.69) is 15.3 Å². The van der Waals surface area contributed by atoms with Crippen LogP contribution in [0.25, 0.3) is 0 Å². The number of amides is 1.